The number of ketones is 1. The Balaban J connectivity index is 0. The Bertz CT molecular complexity index is 315. The van der Waals surface area contributed by atoms with Crippen molar-refractivity contribution in [1.82, 2.24) is 6.15 Å². The zero-order valence-electron chi connectivity index (χ0n) is 17.8. The smallest absolute Gasteiger partial charge is 0.136 e. The molecule has 1 atom stereocenters. The normalized spacial score (nSPS) is 12.3. The zero-order chi connectivity index (χ0) is 18.6. The van der Waals surface area contributed by atoms with Crippen molar-refractivity contribution < 1.29 is 9.90 Å². The minimum Gasteiger partial charge on any atom is -0.396 e. The Morgan fingerprint density at radius 2 is 1.31 bits per heavy atom. The van der Waals surface area contributed by atoms with Gasteiger partial charge in [0.15, 0.2) is 0 Å². The summed E-state index contributed by atoms with van der Waals surface area (Å²) in [6.07, 6.45) is 23.7. The van der Waals surface area contributed by atoms with Gasteiger partial charge in [-0.25, -0.2) is 0 Å². The van der Waals surface area contributed by atoms with Crippen LogP contribution in [0.3, 0.4) is 0 Å². The van der Waals surface area contributed by atoms with Gasteiger partial charge in [-0.05, 0) is 44.9 Å². The van der Waals surface area contributed by atoms with E-state index in [4.69, 9.17) is 5.11 Å². The van der Waals surface area contributed by atoms with Crippen LogP contribution >= 0.6 is 0 Å². The van der Waals surface area contributed by atoms with Gasteiger partial charge < -0.3 is 11.3 Å². The average Bonchev–Trinajstić information content (AvgIpc) is 2.62. The fourth-order valence-corrected chi connectivity index (χ4v) is 3.32. The van der Waals surface area contributed by atoms with Crippen LogP contribution in [0.2, 0.25) is 0 Å². The van der Waals surface area contributed by atoms with Crippen LogP contribution in [0, 0.1) is 5.92 Å². The van der Waals surface area contributed by atoms with Gasteiger partial charge in [-0.3, -0.25) is 4.79 Å². The lowest BCUT2D eigenvalue weighted by Gasteiger charge is -2.11. The molecule has 0 aromatic carbocycles. The summed E-state index contributed by atoms with van der Waals surface area (Å²) >= 11 is 0. The summed E-state index contributed by atoms with van der Waals surface area (Å²) in [4.78, 5) is 12.0. The first kappa shape index (κ1) is 27.5. The van der Waals surface area contributed by atoms with Crippen LogP contribution in [0.1, 0.15) is 117 Å². The molecule has 0 aliphatic heterocycles. The van der Waals surface area contributed by atoms with Crippen molar-refractivity contribution in [3.8, 4) is 0 Å². The van der Waals surface area contributed by atoms with Crippen LogP contribution in [0.25, 0.3) is 0 Å². The number of hydrogen-bond acceptors (Lipinski definition) is 3. The molecule has 0 bridgehead atoms. The highest BCUT2D eigenvalue weighted by Crippen LogP contribution is 2.15. The summed E-state index contributed by atoms with van der Waals surface area (Å²) in [6, 6.07) is 0. The van der Waals surface area contributed by atoms with Gasteiger partial charge in [0.2, 0.25) is 0 Å². The summed E-state index contributed by atoms with van der Waals surface area (Å²) in [5, 5.41) is 8.96. The maximum absolute atomic E-state index is 12.0. The predicted molar refractivity (Wildman–Crippen MR) is 115 cm³/mol. The van der Waals surface area contributed by atoms with Crippen molar-refractivity contribution in [3.63, 3.8) is 0 Å². The Kier molecular flexibility index (Phi) is 23.7. The quantitative estimate of drug-likeness (QED) is 0.187. The average molecular weight is 370 g/mol. The SMILES string of the molecule is CCCCCCCC/C=C\CCCCCCCC(=O)C(CC)CCO.N. The third-order valence-corrected chi connectivity index (χ3v) is 5.11. The standard InChI is InChI=1S/C23H44O2.H3N/c1-3-5-6-7-8-9-10-11-12-13-14-15-16-17-18-19-23(25)22(4-2)20-21-24;/h11-12,22,24H,3-10,13-21H2,1-2H3;1H3/b12-11-;. The lowest BCUT2D eigenvalue weighted by atomic mass is 9.93. The third-order valence-electron chi connectivity index (χ3n) is 5.11. The fourth-order valence-electron chi connectivity index (χ4n) is 3.32. The van der Waals surface area contributed by atoms with E-state index in [0.717, 1.165) is 12.8 Å². The van der Waals surface area contributed by atoms with E-state index in [0.29, 0.717) is 18.6 Å². The first-order valence-corrected chi connectivity index (χ1v) is 11.0. The van der Waals surface area contributed by atoms with Crippen LogP contribution < -0.4 is 6.15 Å². The summed E-state index contributed by atoms with van der Waals surface area (Å²) in [6.45, 7) is 4.44. The van der Waals surface area contributed by atoms with Crippen molar-refractivity contribution >= 4 is 5.78 Å². The number of Topliss-reactive ketones (excluding diaryl/α,β-unsaturated/α-hetero) is 1. The molecule has 0 amide bonds. The van der Waals surface area contributed by atoms with Gasteiger partial charge in [-0.2, -0.15) is 0 Å². The lowest BCUT2D eigenvalue weighted by Crippen LogP contribution is -2.14. The molecular formula is C23H47NO2. The summed E-state index contributed by atoms with van der Waals surface area (Å²) in [5.41, 5.74) is 0. The molecule has 3 heteroatoms. The molecule has 0 aliphatic carbocycles. The molecule has 0 heterocycles. The highest BCUT2D eigenvalue weighted by Gasteiger charge is 2.14. The second-order valence-corrected chi connectivity index (χ2v) is 7.42. The summed E-state index contributed by atoms with van der Waals surface area (Å²) < 4.78 is 0. The maximum atomic E-state index is 12.0. The highest BCUT2D eigenvalue weighted by molar-refractivity contribution is 5.80. The van der Waals surface area contributed by atoms with Crippen molar-refractivity contribution in [2.24, 2.45) is 5.92 Å². The van der Waals surface area contributed by atoms with Gasteiger partial charge in [0.25, 0.3) is 0 Å². The first-order valence-electron chi connectivity index (χ1n) is 11.0. The van der Waals surface area contributed by atoms with E-state index in [-0.39, 0.29) is 18.7 Å². The molecular weight excluding hydrogens is 322 g/mol. The van der Waals surface area contributed by atoms with Crippen molar-refractivity contribution in [2.45, 2.75) is 117 Å². The van der Waals surface area contributed by atoms with Crippen LogP contribution in [0.4, 0.5) is 0 Å². The number of aliphatic hydroxyl groups excluding tert-OH is 1. The number of rotatable bonds is 19. The molecule has 0 aromatic heterocycles. The molecule has 0 aliphatic rings. The zero-order valence-corrected chi connectivity index (χ0v) is 17.8. The summed E-state index contributed by atoms with van der Waals surface area (Å²) in [7, 11) is 0. The van der Waals surface area contributed by atoms with Crippen molar-refractivity contribution in [2.75, 3.05) is 6.61 Å². The molecule has 0 spiro atoms. The summed E-state index contributed by atoms with van der Waals surface area (Å²) in [5.74, 6) is 0.441. The Hall–Kier alpha value is -0.670. The van der Waals surface area contributed by atoms with E-state index >= 15 is 0 Å². The molecule has 3 nitrogen and oxygen atoms in total. The van der Waals surface area contributed by atoms with E-state index < -0.39 is 0 Å². The van der Waals surface area contributed by atoms with E-state index in [9.17, 15) is 4.79 Å². The molecule has 0 saturated heterocycles. The van der Waals surface area contributed by atoms with Gasteiger partial charge in [-0.1, -0.05) is 77.4 Å². The number of carbonyl (C=O) groups is 1. The molecule has 0 rings (SSSR count). The molecule has 1 unspecified atom stereocenters. The molecule has 156 valence electrons. The number of unbranched alkanes of at least 4 members (excludes halogenated alkanes) is 11. The van der Waals surface area contributed by atoms with Gasteiger partial charge in [0.1, 0.15) is 5.78 Å². The van der Waals surface area contributed by atoms with E-state index in [1.54, 1.807) is 0 Å². The van der Waals surface area contributed by atoms with Gasteiger partial charge in [0.05, 0.1) is 0 Å². The molecule has 4 N–H and O–H groups in total. The minimum absolute atomic E-state index is 0. The van der Waals surface area contributed by atoms with Gasteiger partial charge >= 0.3 is 0 Å². The minimum atomic E-state index is 0. The van der Waals surface area contributed by atoms with Gasteiger partial charge in [-0.15, -0.1) is 0 Å². The second kappa shape index (κ2) is 22.4. The topological polar surface area (TPSA) is 72.3 Å². The Morgan fingerprint density at radius 3 is 1.81 bits per heavy atom. The van der Waals surface area contributed by atoms with Crippen LogP contribution in [-0.2, 0) is 4.79 Å². The second-order valence-electron chi connectivity index (χ2n) is 7.42. The molecule has 0 radical (unpaired) electrons. The monoisotopic (exact) mass is 369 g/mol. The molecule has 0 aromatic rings. The number of carbonyl (C=O) groups excluding carboxylic acids is 1. The van der Waals surface area contributed by atoms with Crippen LogP contribution in [0.5, 0.6) is 0 Å². The number of hydrogen-bond donors (Lipinski definition) is 2. The maximum Gasteiger partial charge on any atom is 0.136 e. The Labute approximate surface area is 163 Å². The highest BCUT2D eigenvalue weighted by atomic mass is 16.3. The molecule has 0 fully saturated rings. The number of aliphatic hydroxyl groups is 1. The fraction of sp³-hybridized carbons (Fsp3) is 0.870. The lowest BCUT2D eigenvalue weighted by molar-refractivity contribution is -0.123. The van der Waals surface area contributed by atoms with E-state index in [2.05, 4.69) is 19.1 Å². The van der Waals surface area contributed by atoms with E-state index in [1.807, 2.05) is 6.92 Å². The third kappa shape index (κ3) is 18.1. The number of allylic oxidation sites excluding steroid dienone is 2. The first-order chi connectivity index (χ1) is 12.3. The van der Waals surface area contributed by atoms with Crippen molar-refractivity contribution in [3.05, 3.63) is 12.2 Å². The van der Waals surface area contributed by atoms with Crippen molar-refractivity contribution in [1.29, 1.82) is 0 Å². The largest absolute Gasteiger partial charge is 0.396 e. The van der Waals surface area contributed by atoms with Crippen LogP contribution in [0.15, 0.2) is 12.2 Å². The molecule has 26 heavy (non-hydrogen) atoms. The molecule has 0 saturated carbocycles. The predicted octanol–water partition coefficient (Wildman–Crippen LogP) is 7.16. The van der Waals surface area contributed by atoms with Gasteiger partial charge in [0, 0.05) is 18.9 Å². The Morgan fingerprint density at radius 1 is 0.808 bits per heavy atom. The van der Waals surface area contributed by atoms with E-state index in [1.165, 1.54) is 77.0 Å². The van der Waals surface area contributed by atoms with Crippen LogP contribution in [-0.4, -0.2) is 17.5 Å².